The highest BCUT2D eigenvalue weighted by Gasteiger charge is 2.49. The van der Waals surface area contributed by atoms with Crippen LogP contribution in [0.4, 0.5) is 0 Å². The summed E-state index contributed by atoms with van der Waals surface area (Å²) >= 11 is 0. The fourth-order valence-electron chi connectivity index (χ4n) is 15.2. The van der Waals surface area contributed by atoms with Crippen LogP contribution in [0.3, 0.4) is 0 Å². The predicted octanol–water partition coefficient (Wildman–Crippen LogP) is -7.32. The Bertz CT molecular complexity index is 3650. The van der Waals surface area contributed by atoms with Crippen LogP contribution < -0.4 is 81.8 Å². The van der Waals surface area contributed by atoms with E-state index in [4.69, 9.17) is 33.4 Å². The molecule has 3 saturated heterocycles. The number of aliphatic hydroxyl groups excluding tert-OH is 7. The first-order valence-electron chi connectivity index (χ1n) is 43.6. The molecule has 1 aromatic rings. The fraction of sp³-hybridized carbons (Fsp3) is 0.744. The molecule has 125 heavy (non-hydrogen) atoms. The van der Waals surface area contributed by atoms with Gasteiger partial charge in [0.15, 0.2) is 0 Å². The molecule has 3 heterocycles. The number of carbonyl (C=O) groups is 15. The zero-order valence-electron chi connectivity index (χ0n) is 73.3. The van der Waals surface area contributed by atoms with Gasteiger partial charge in [-0.2, -0.15) is 0 Å². The molecule has 3 aliphatic rings. The van der Waals surface area contributed by atoms with Crippen LogP contribution in [0.5, 0.6) is 5.75 Å². The first kappa shape index (κ1) is 108. The average molecular weight is 1780 g/mol. The molecule has 2 unspecified atom stereocenters. The smallest absolute Gasteiger partial charge is 0.328 e. The number of cyclic esters (lactones) is 1. The van der Waals surface area contributed by atoms with Crippen molar-refractivity contribution in [3.63, 3.8) is 0 Å². The number of rotatable bonds is 37. The van der Waals surface area contributed by atoms with Gasteiger partial charge in [0.1, 0.15) is 78.3 Å². The maximum Gasteiger partial charge on any atom is 0.328 e. The maximum atomic E-state index is 15.1. The van der Waals surface area contributed by atoms with E-state index < -0.39 is 249 Å². The van der Waals surface area contributed by atoms with Crippen LogP contribution in [0.15, 0.2) is 24.3 Å². The third-order valence-corrected chi connectivity index (χ3v) is 22.1. The molecule has 28 N–H and O–H groups in total. The van der Waals surface area contributed by atoms with Gasteiger partial charge in [0, 0.05) is 71.7 Å². The van der Waals surface area contributed by atoms with Crippen molar-refractivity contribution in [2.45, 2.75) is 312 Å². The Kier molecular flexibility index (Phi) is 47.7. The minimum absolute atomic E-state index is 0.00186. The second kappa shape index (κ2) is 55.2. The Labute approximate surface area is 729 Å². The van der Waals surface area contributed by atoms with Crippen molar-refractivity contribution >= 4 is 88.7 Å². The molecule has 3 fully saturated rings. The molecule has 0 spiro atoms. The van der Waals surface area contributed by atoms with Gasteiger partial charge in [-0.05, 0) is 110 Å². The van der Waals surface area contributed by atoms with Crippen LogP contribution in [0.2, 0.25) is 0 Å². The van der Waals surface area contributed by atoms with E-state index in [0.717, 1.165) is 90.4 Å². The lowest BCUT2D eigenvalue weighted by molar-refractivity contribution is -0.155. The summed E-state index contributed by atoms with van der Waals surface area (Å²) in [6.45, 7) is 9.54. The van der Waals surface area contributed by atoms with Gasteiger partial charge in [0.25, 0.3) is 0 Å². The van der Waals surface area contributed by atoms with Crippen molar-refractivity contribution in [3.05, 3.63) is 29.8 Å². The van der Waals surface area contributed by atoms with E-state index in [1.54, 1.807) is 0 Å². The number of nitrogens with two attached hydrogens (primary N) is 5. The highest BCUT2D eigenvalue weighted by Crippen LogP contribution is 2.26. The number of phenols is 1. The number of nitrogens with one attached hydrogen (secondary N) is 10. The molecule has 0 radical (unpaired) electrons. The summed E-state index contributed by atoms with van der Waals surface area (Å²) in [6.07, 6.45) is -6.67. The van der Waals surface area contributed by atoms with Crippen molar-refractivity contribution < 1.29 is 118 Å². The summed E-state index contributed by atoms with van der Waals surface area (Å²) in [5.41, 5.74) is 29.7. The number of hydrogen-bond donors (Lipinski definition) is 23. The minimum atomic E-state index is -2.27. The zero-order valence-corrected chi connectivity index (χ0v) is 73.3. The Morgan fingerprint density at radius 3 is 1.59 bits per heavy atom. The van der Waals surface area contributed by atoms with Crippen LogP contribution >= 0.6 is 0 Å². The van der Waals surface area contributed by atoms with Crippen molar-refractivity contribution in [3.8, 4) is 5.75 Å². The van der Waals surface area contributed by atoms with Crippen LogP contribution in [0, 0.1) is 5.92 Å². The van der Waals surface area contributed by atoms with Crippen molar-refractivity contribution in [2.75, 3.05) is 72.0 Å². The molecule has 0 bridgehead atoms. The third-order valence-electron chi connectivity index (χ3n) is 22.1. The van der Waals surface area contributed by atoms with Gasteiger partial charge in [0.2, 0.25) is 82.7 Å². The first-order valence-corrected chi connectivity index (χ1v) is 43.6. The maximum absolute atomic E-state index is 15.1. The van der Waals surface area contributed by atoms with E-state index in [9.17, 15) is 108 Å². The van der Waals surface area contributed by atoms with Crippen LogP contribution in [-0.4, -0.2) is 342 Å². The Balaban J connectivity index is 1.91. The highest BCUT2D eigenvalue weighted by atomic mass is 16.5. The van der Waals surface area contributed by atoms with Gasteiger partial charge < -0.3 is 142 Å². The molecular weight excluding hydrogens is 1640 g/mol. The monoisotopic (exact) mass is 1780 g/mol. The molecule has 0 aliphatic carbocycles. The minimum Gasteiger partial charge on any atom is -0.508 e. The van der Waals surface area contributed by atoms with Gasteiger partial charge in [-0.15, -0.1) is 0 Å². The molecule has 1 aromatic carbocycles. The Hall–Kier alpha value is -9.41. The second-order valence-corrected chi connectivity index (χ2v) is 33.1. The van der Waals surface area contributed by atoms with Gasteiger partial charge in [-0.25, -0.2) is 4.79 Å². The van der Waals surface area contributed by atoms with Gasteiger partial charge in [0.05, 0.1) is 68.2 Å². The fourth-order valence-corrected chi connectivity index (χ4v) is 15.2. The lowest BCUT2D eigenvalue weighted by Crippen LogP contribution is -2.64. The van der Waals surface area contributed by atoms with Crippen LogP contribution in [0.25, 0.3) is 0 Å². The first-order chi connectivity index (χ1) is 59.1. The third kappa shape index (κ3) is 35.4. The summed E-state index contributed by atoms with van der Waals surface area (Å²) in [4.78, 5) is 221. The summed E-state index contributed by atoms with van der Waals surface area (Å²) in [7, 11) is 0. The summed E-state index contributed by atoms with van der Waals surface area (Å²) in [6, 6.07) is -15.7. The number of nitrogens with zero attached hydrogens (tertiary/aromatic N) is 4. The molecule has 20 atom stereocenters. The number of fused-ring (bicyclic) bond motifs is 2. The number of unbranched alkanes of at least 4 members (excludes halogenated alkanes) is 10. The molecule has 3 aliphatic heterocycles. The zero-order chi connectivity index (χ0) is 93.5. The number of phenolic OH excluding ortho intramolecular Hbond substituents is 1. The SMILES string of the molecule is CCCCCCCCCCCCC[C@@H]1CC(=O)N[C@H]([C@@H](C)O)C(=O)N[C@H](C)C(=O)N[C@@H](Cc2ccc(O)cc2)C(=O)N[C@@H](C(C)C)C(=O)N2C[C@H](O)C[C@H]2C(=O)N[C@H]([C@@H](C)O)C(=O)N[C@@H]([C@@H](C)O)C(=O)N2CC[C@H](O)[C@H]2C(=O)NC(C(O)CC(N)=O)C(=O)NCC(=O)N[C@H]([C@@H](C)O)C(=O)N[C@@H](CCCN(CCN)C(=O)[C@H](CCCN)N(CCN)CCN)C(=O)O1. The number of aromatic hydroxyl groups is 1. The van der Waals surface area contributed by atoms with E-state index in [2.05, 4.69) is 60.1 Å². The number of benzene rings is 1. The number of primary amides is 1. The predicted molar refractivity (Wildman–Crippen MR) is 454 cm³/mol. The van der Waals surface area contributed by atoms with Crippen molar-refractivity contribution in [1.29, 1.82) is 0 Å². The van der Waals surface area contributed by atoms with Crippen LogP contribution in [-0.2, 0) is 83.1 Å². The quantitative estimate of drug-likeness (QED) is 0.0217. The standard InChI is InChI=1S/C82H141N19O24/c1-9-10-11-12-13-14-15-16-17-18-19-22-54-41-62(111)92-65(47(5)102)75(117)89-46(4)71(113)91-56(39-51-25-27-52(106)28-26-51)72(114)94-64(45(2)3)80(122)101-44-53(107)40-58(101)73(115)95-67(49(7)104)77(119)96-68(50(8)105)81(123)100-35-29-59(108)70(100)78(120)97-69(60(109)42-61(87)110)74(116)88-43-63(112)93-66(48(6)103)76(118)90-55(82(124)125-54)23-21-34-99(38-33-86)79(121)57(24-20-30-83)98(36-31-84)37-32-85/h25-28,45-50,53-60,64-70,102-109H,9-24,29-44,83-86H2,1-8H3,(H2,87,110)(H,88,116)(H,89,117)(H,90,118)(H,91,113)(H,92,111)(H,93,112)(H,94,114)(H,95,115)(H,96,119)(H,97,120)/t46-,47-,48-,49-,50-,53-,54-,55+,56+,57+,58+,59+,60?,64+,65-,66-,67-,68+,69?,70+/m1/s1. The lowest BCUT2D eigenvalue weighted by Gasteiger charge is -2.35. The van der Waals surface area contributed by atoms with Gasteiger partial charge in [-0.3, -0.25) is 72.0 Å². The number of aliphatic hydroxyl groups is 7. The molecular formula is C82H141N19O24. The summed E-state index contributed by atoms with van der Waals surface area (Å²) in [5.74, 6) is -18.0. The molecule has 43 heteroatoms. The number of esters is 1. The molecule has 14 amide bonds. The number of ether oxygens (including phenoxy) is 1. The molecule has 43 nitrogen and oxygen atoms in total. The summed E-state index contributed by atoms with van der Waals surface area (Å²) in [5, 5.41) is 112. The van der Waals surface area contributed by atoms with Crippen molar-refractivity contribution in [1.82, 2.24) is 72.8 Å². The van der Waals surface area contributed by atoms with Crippen LogP contribution in [0.1, 0.15) is 189 Å². The lowest BCUT2D eigenvalue weighted by atomic mass is 9.99. The number of amides is 14. The average Bonchev–Trinajstić information content (AvgIpc) is 1.66. The topological polar surface area (TPSA) is 690 Å². The Morgan fingerprint density at radius 1 is 0.528 bits per heavy atom. The largest absolute Gasteiger partial charge is 0.508 e. The van der Waals surface area contributed by atoms with Gasteiger partial charge in [-0.1, -0.05) is 97.1 Å². The van der Waals surface area contributed by atoms with E-state index in [1.165, 1.54) is 49.9 Å². The van der Waals surface area contributed by atoms with Crippen molar-refractivity contribution in [2.24, 2.45) is 34.6 Å². The second-order valence-electron chi connectivity index (χ2n) is 33.1. The molecule has 4 rings (SSSR count). The van der Waals surface area contributed by atoms with E-state index in [0.29, 0.717) is 36.1 Å². The van der Waals surface area contributed by atoms with Gasteiger partial charge >= 0.3 is 5.97 Å². The van der Waals surface area contributed by atoms with E-state index >= 15 is 4.79 Å². The molecule has 708 valence electrons. The highest BCUT2D eigenvalue weighted by molar-refractivity contribution is 6.00. The number of hydrogen-bond acceptors (Lipinski definition) is 29. The molecule has 0 saturated carbocycles. The molecule has 0 aromatic heterocycles. The Morgan fingerprint density at radius 2 is 1.04 bits per heavy atom. The van der Waals surface area contributed by atoms with E-state index in [-0.39, 0.29) is 96.1 Å². The summed E-state index contributed by atoms with van der Waals surface area (Å²) < 4.78 is 6.17. The normalized spacial score (nSPS) is 26.2. The number of carbonyl (C=O) groups excluding carboxylic acids is 15. The van der Waals surface area contributed by atoms with E-state index in [1.807, 2.05) is 4.90 Å².